The number of hydrogen-bond donors (Lipinski definition) is 3. The van der Waals surface area contributed by atoms with Crippen molar-refractivity contribution in [3.8, 4) is 23.1 Å². The highest BCUT2D eigenvalue weighted by atomic mass is 16.6. The van der Waals surface area contributed by atoms with Crippen LogP contribution in [-0.4, -0.2) is 26.2 Å². The van der Waals surface area contributed by atoms with Crippen molar-refractivity contribution in [2.75, 3.05) is 5.43 Å². The standard InChI is InChI=1S/C19H14N6O4/c1-11-7-16(26)13(8-15(11)25(28)29)10-21-24-19-22-17(12-5-3-2-4-6-12)14(9-20)18(27)23-19/h2-8,10,26H,1H3,(H2,22,23,24,27). The second-order valence-electron chi connectivity index (χ2n) is 5.94. The fourth-order valence-corrected chi connectivity index (χ4v) is 2.60. The highest BCUT2D eigenvalue weighted by Crippen LogP contribution is 2.26. The first-order valence-electron chi connectivity index (χ1n) is 8.27. The van der Waals surface area contributed by atoms with Crippen molar-refractivity contribution < 1.29 is 10.0 Å². The quantitative estimate of drug-likeness (QED) is 0.343. The number of phenols is 1. The van der Waals surface area contributed by atoms with E-state index in [-0.39, 0.29) is 34.2 Å². The molecule has 2 aromatic carbocycles. The highest BCUT2D eigenvalue weighted by Gasteiger charge is 2.15. The van der Waals surface area contributed by atoms with Gasteiger partial charge in [0.25, 0.3) is 11.2 Å². The molecule has 0 bridgehead atoms. The Bertz CT molecular complexity index is 1210. The summed E-state index contributed by atoms with van der Waals surface area (Å²) in [5, 5.41) is 34.1. The van der Waals surface area contributed by atoms with Gasteiger partial charge in [-0.2, -0.15) is 10.4 Å². The van der Waals surface area contributed by atoms with Gasteiger partial charge in [0, 0.05) is 22.8 Å². The smallest absolute Gasteiger partial charge is 0.273 e. The number of nitrogens with one attached hydrogen (secondary N) is 2. The largest absolute Gasteiger partial charge is 0.507 e. The second kappa shape index (κ2) is 8.01. The minimum absolute atomic E-state index is 0.0368. The lowest BCUT2D eigenvalue weighted by Crippen LogP contribution is -2.16. The number of nitrogens with zero attached hydrogens (tertiary/aromatic N) is 4. The molecule has 144 valence electrons. The summed E-state index contributed by atoms with van der Waals surface area (Å²) < 4.78 is 0. The van der Waals surface area contributed by atoms with Gasteiger partial charge < -0.3 is 5.11 Å². The normalized spacial score (nSPS) is 10.6. The molecule has 0 aliphatic carbocycles. The van der Waals surface area contributed by atoms with Crippen molar-refractivity contribution in [1.29, 1.82) is 5.26 Å². The molecule has 0 atom stereocenters. The summed E-state index contributed by atoms with van der Waals surface area (Å²) in [6.07, 6.45) is 1.15. The number of rotatable bonds is 5. The van der Waals surface area contributed by atoms with Crippen LogP contribution in [0.4, 0.5) is 11.6 Å². The maximum absolute atomic E-state index is 12.2. The van der Waals surface area contributed by atoms with Crippen molar-refractivity contribution in [2.24, 2.45) is 5.10 Å². The number of nitriles is 1. The fraction of sp³-hybridized carbons (Fsp3) is 0.0526. The van der Waals surface area contributed by atoms with E-state index in [0.717, 1.165) is 6.21 Å². The van der Waals surface area contributed by atoms with E-state index in [9.17, 15) is 25.3 Å². The monoisotopic (exact) mass is 390 g/mol. The minimum Gasteiger partial charge on any atom is -0.507 e. The Kier molecular flexibility index (Phi) is 5.32. The zero-order valence-corrected chi connectivity index (χ0v) is 15.1. The number of nitro benzene ring substituents is 1. The number of aromatic nitrogens is 2. The van der Waals surface area contributed by atoms with Gasteiger partial charge in [-0.25, -0.2) is 10.4 Å². The number of hydrogen-bond acceptors (Lipinski definition) is 8. The van der Waals surface area contributed by atoms with Gasteiger partial charge in [0.2, 0.25) is 5.95 Å². The Hall–Kier alpha value is -4.52. The zero-order valence-electron chi connectivity index (χ0n) is 15.1. The average Bonchev–Trinajstić information content (AvgIpc) is 2.69. The zero-order chi connectivity index (χ0) is 21.0. The Labute approximate surface area is 163 Å². The van der Waals surface area contributed by atoms with Crippen molar-refractivity contribution >= 4 is 17.9 Å². The molecule has 0 spiro atoms. The molecule has 29 heavy (non-hydrogen) atoms. The summed E-state index contributed by atoms with van der Waals surface area (Å²) in [4.78, 5) is 29.3. The number of phenolic OH excluding ortho intramolecular Hbond substituents is 1. The predicted octanol–water partition coefficient (Wildman–Crippen LogP) is 2.68. The molecule has 0 aliphatic heterocycles. The van der Waals surface area contributed by atoms with Crippen LogP contribution in [0.2, 0.25) is 0 Å². The lowest BCUT2D eigenvalue weighted by molar-refractivity contribution is -0.385. The van der Waals surface area contributed by atoms with Crippen LogP contribution in [0, 0.1) is 28.4 Å². The van der Waals surface area contributed by atoms with E-state index in [1.165, 1.54) is 19.1 Å². The molecule has 0 aliphatic rings. The molecular formula is C19H14N6O4. The Balaban J connectivity index is 1.93. The summed E-state index contributed by atoms with van der Waals surface area (Å²) in [6, 6.07) is 13.0. The molecule has 10 heteroatoms. The van der Waals surface area contributed by atoms with Gasteiger partial charge in [-0.05, 0) is 13.0 Å². The highest BCUT2D eigenvalue weighted by molar-refractivity contribution is 5.85. The van der Waals surface area contributed by atoms with E-state index in [4.69, 9.17) is 0 Å². The van der Waals surface area contributed by atoms with Crippen LogP contribution in [0.1, 0.15) is 16.7 Å². The van der Waals surface area contributed by atoms with Crippen LogP contribution < -0.4 is 11.0 Å². The van der Waals surface area contributed by atoms with Gasteiger partial charge in [0.05, 0.1) is 16.8 Å². The molecule has 0 unspecified atom stereocenters. The van der Waals surface area contributed by atoms with Gasteiger partial charge in [0.1, 0.15) is 17.4 Å². The summed E-state index contributed by atoms with van der Waals surface area (Å²) in [7, 11) is 0. The topological polar surface area (TPSA) is 157 Å². The maximum Gasteiger partial charge on any atom is 0.273 e. The van der Waals surface area contributed by atoms with Crippen molar-refractivity contribution in [2.45, 2.75) is 6.92 Å². The van der Waals surface area contributed by atoms with Gasteiger partial charge in [-0.1, -0.05) is 30.3 Å². The SMILES string of the molecule is Cc1cc(O)c(C=NNc2nc(-c3ccccc3)c(C#N)c(=O)[nH]2)cc1[N+](=O)[O-]. The van der Waals surface area contributed by atoms with Crippen LogP contribution in [0.3, 0.4) is 0 Å². The number of aromatic amines is 1. The van der Waals surface area contributed by atoms with Crippen molar-refractivity contribution in [3.05, 3.63) is 79.6 Å². The van der Waals surface area contributed by atoms with Crippen LogP contribution >= 0.6 is 0 Å². The summed E-state index contributed by atoms with van der Waals surface area (Å²) in [5.41, 5.74) is 2.72. The average molecular weight is 390 g/mol. The molecule has 1 heterocycles. The molecule has 10 nitrogen and oxygen atoms in total. The van der Waals surface area contributed by atoms with E-state index in [0.29, 0.717) is 11.1 Å². The Morgan fingerprint density at radius 3 is 2.72 bits per heavy atom. The lowest BCUT2D eigenvalue weighted by atomic mass is 10.1. The molecule has 0 saturated heterocycles. The number of aryl methyl sites for hydroxylation is 1. The van der Waals surface area contributed by atoms with Gasteiger partial charge in [0.15, 0.2) is 0 Å². The molecule has 0 fully saturated rings. The van der Waals surface area contributed by atoms with Crippen molar-refractivity contribution in [3.63, 3.8) is 0 Å². The molecule has 1 aromatic heterocycles. The van der Waals surface area contributed by atoms with Crippen molar-refractivity contribution in [1.82, 2.24) is 9.97 Å². The van der Waals surface area contributed by atoms with Gasteiger partial charge in [-0.15, -0.1) is 0 Å². The van der Waals surface area contributed by atoms with Gasteiger partial charge in [-0.3, -0.25) is 19.9 Å². The van der Waals surface area contributed by atoms with Gasteiger partial charge >= 0.3 is 0 Å². The van der Waals surface area contributed by atoms with E-state index in [1.807, 2.05) is 6.07 Å². The lowest BCUT2D eigenvalue weighted by Gasteiger charge is -2.06. The second-order valence-corrected chi connectivity index (χ2v) is 5.94. The van der Waals surface area contributed by atoms with Crippen LogP contribution in [-0.2, 0) is 0 Å². The van der Waals surface area contributed by atoms with E-state index in [2.05, 4.69) is 20.5 Å². The number of anilines is 1. The molecule has 0 radical (unpaired) electrons. The fourth-order valence-electron chi connectivity index (χ4n) is 2.60. The molecule has 3 aromatic rings. The number of hydrazone groups is 1. The van der Waals surface area contributed by atoms with E-state index in [1.54, 1.807) is 30.3 Å². The van der Waals surface area contributed by atoms with E-state index < -0.39 is 10.5 Å². The third-order valence-electron chi connectivity index (χ3n) is 3.99. The number of benzene rings is 2. The van der Waals surface area contributed by atoms with E-state index >= 15 is 0 Å². The maximum atomic E-state index is 12.2. The number of H-pyrrole nitrogens is 1. The van der Waals surface area contributed by atoms with Crippen LogP contribution in [0.5, 0.6) is 5.75 Å². The Morgan fingerprint density at radius 1 is 1.34 bits per heavy atom. The number of aromatic hydroxyl groups is 1. The molecule has 0 amide bonds. The predicted molar refractivity (Wildman–Crippen MR) is 106 cm³/mol. The molecule has 3 rings (SSSR count). The first kappa shape index (κ1) is 19.2. The first-order chi connectivity index (χ1) is 13.9. The Morgan fingerprint density at radius 2 is 2.07 bits per heavy atom. The minimum atomic E-state index is -0.645. The third-order valence-corrected chi connectivity index (χ3v) is 3.99. The van der Waals surface area contributed by atoms with Crippen LogP contribution in [0.15, 0.2) is 52.4 Å². The van der Waals surface area contributed by atoms with Crippen LogP contribution in [0.25, 0.3) is 11.3 Å². The first-order valence-corrected chi connectivity index (χ1v) is 8.27. The molecule has 3 N–H and O–H groups in total. The number of nitro groups is 1. The summed E-state index contributed by atoms with van der Waals surface area (Å²) in [5.74, 6) is -0.227. The molecule has 0 saturated carbocycles. The molecular weight excluding hydrogens is 376 g/mol. The third kappa shape index (κ3) is 4.09. The summed E-state index contributed by atoms with van der Waals surface area (Å²) in [6.45, 7) is 1.51. The summed E-state index contributed by atoms with van der Waals surface area (Å²) >= 11 is 0.